The predicted octanol–water partition coefficient (Wildman–Crippen LogP) is 5.86. The molecule has 22 heavy (non-hydrogen) atoms. The Bertz CT molecular complexity index is 813. The summed E-state index contributed by atoms with van der Waals surface area (Å²) in [7, 11) is 0. The normalized spacial score (nSPS) is 11.0. The first-order valence-corrected chi connectivity index (χ1v) is 8.27. The quantitative estimate of drug-likeness (QED) is 0.584. The molecule has 2 aromatic carbocycles. The van der Waals surface area contributed by atoms with Crippen molar-refractivity contribution in [1.82, 2.24) is 4.98 Å². The Morgan fingerprint density at radius 3 is 2.82 bits per heavy atom. The highest BCUT2D eigenvalue weighted by atomic mass is 32.1. The van der Waals surface area contributed by atoms with Crippen molar-refractivity contribution in [2.24, 2.45) is 0 Å². The van der Waals surface area contributed by atoms with Gasteiger partial charge in [-0.3, -0.25) is 0 Å². The number of benzene rings is 2. The summed E-state index contributed by atoms with van der Waals surface area (Å²) in [5.41, 5.74) is 6.35. The Labute approximate surface area is 137 Å². The predicted molar refractivity (Wildman–Crippen MR) is 99.7 cm³/mol. The van der Waals surface area contributed by atoms with Gasteiger partial charge in [-0.2, -0.15) is 0 Å². The molecule has 1 aromatic heterocycles. The van der Waals surface area contributed by atoms with Crippen molar-refractivity contribution in [3.05, 3.63) is 59.8 Å². The van der Waals surface area contributed by atoms with Gasteiger partial charge in [-0.1, -0.05) is 61.5 Å². The molecule has 0 bridgehead atoms. The van der Waals surface area contributed by atoms with E-state index in [-0.39, 0.29) is 0 Å². The van der Waals surface area contributed by atoms with Crippen LogP contribution in [-0.4, -0.2) is 9.85 Å². The van der Waals surface area contributed by atoms with Crippen LogP contribution in [0, 0.1) is 6.92 Å². The molecule has 0 saturated heterocycles. The molecule has 0 fully saturated rings. The second-order valence-electron chi connectivity index (χ2n) is 5.92. The van der Waals surface area contributed by atoms with Gasteiger partial charge < -0.3 is 4.98 Å². The molecule has 112 valence electrons. The van der Waals surface area contributed by atoms with E-state index in [2.05, 4.69) is 61.3 Å². The van der Waals surface area contributed by atoms with Gasteiger partial charge in [0.25, 0.3) is 0 Å². The lowest BCUT2D eigenvalue weighted by Gasteiger charge is -2.10. The van der Waals surface area contributed by atoms with E-state index >= 15 is 0 Å². The van der Waals surface area contributed by atoms with E-state index in [4.69, 9.17) is 12.2 Å². The molecule has 0 unspecified atom stereocenters. The molecule has 0 saturated carbocycles. The number of H-pyrrole nitrogens is 1. The van der Waals surface area contributed by atoms with E-state index in [0.29, 0.717) is 0 Å². The highest BCUT2D eigenvalue weighted by Crippen LogP contribution is 2.29. The van der Waals surface area contributed by atoms with Gasteiger partial charge in [0.15, 0.2) is 0 Å². The average molecular weight is 307 g/mol. The molecule has 0 amide bonds. The molecule has 0 aliphatic rings. The van der Waals surface area contributed by atoms with Crippen LogP contribution in [0.4, 0.5) is 0 Å². The van der Waals surface area contributed by atoms with Crippen molar-refractivity contribution < 1.29 is 0 Å². The summed E-state index contributed by atoms with van der Waals surface area (Å²) in [5, 5.41) is 1.27. The monoisotopic (exact) mass is 307 g/mol. The minimum absolute atomic E-state index is 0.904. The second-order valence-corrected chi connectivity index (χ2v) is 6.49. The number of hydrogen-bond donors (Lipinski definition) is 1. The van der Waals surface area contributed by atoms with Gasteiger partial charge in [0.1, 0.15) is 0 Å². The number of rotatable bonds is 5. The number of aromatic nitrogens is 1. The van der Waals surface area contributed by atoms with E-state index in [1.807, 2.05) is 6.20 Å². The van der Waals surface area contributed by atoms with E-state index in [0.717, 1.165) is 24.1 Å². The molecular weight excluding hydrogens is 286 g/mol. The van der Waals surface area contributed by atoms with Gasteiger partial charge in [-0.05, 0) is 47.0 Å². The van der Waals surface area contributed by atoms with E-state index in [9.17, 15) is 0 Å². The van der Waals surface area contributed by atoms with Crippen molar-refractivity contribution in [1.29, 1.82) is 0 Å². The van der Waals surface area contributed by atoms with Crippen LogP contribution in [-0.2, 0) is 6.42 Å². The molecule has 0 radical (unpaired) electrons. The van der Waals surface area contributed by atoms with Crippen molar-refractivity contribution in [2.75, 3.05) is 0 Å². The van der Waals surface area contributed by atoms with Crippen LogP contribution in [0.15, 0.2) is 48.7 Å². The van der Waals surface area contributed by atoms with Gasteiger partial charge in [-0.25, -0.2) is 0 Å². The number of aryl methyl sites for hydroxylation is 1. The second kappa shape index (κ2) is 6.45. The smallest absolute Gasteiger partial charge is 0.0460 e. The Morgan fingerprint density at radius 1 is 1.14 bits per heavy atom. The van der Waals surface area contributed by atoms with Crippen molar-refractivity contribution in [3.63, 3.8) is 0 Å². The summed E-state index contributed by atoms with van der Waals surface area (Å²) in [4.78, 5) is 4.44. The molecule has 0 aliphatic heterocycles. The topological polar surface area (TPSA) is 15.8 Å². The maximum atomic E-state index is 5.50. The van der Waals surface area contributed by atoms with Gasteiger partial charge >= 0.3 is 0 Å². The minimum Gasteiger partial charge on any atom is -0.361 e. The molecule has 3 aromatic rings. The highest BCUT2D eigenvalue weighted by Gasteiger charge is 2.07. The number of hydrogen-bond acceptors (Lipinski definition) is 1. The molecule has 1 nitrogen and oxygen atoms in total. The first-order chi connectivity index (χ1) is 10.7. The lowest BCUT2D eigenvalue weighted by Crippen LogP contribution is -2.00. The zero-order valence-corrected chi connectivity index (χ0v) is 14.0. The Hall–Kier alpha value is -1.93. The average Bonchev–Trinajstić information content (AvgIpc) is 2.95. The van der Waals surface area contributed by atoms with Crippen LogP contribution >= 0.6 is 12.2 Å². The summed E-state index contributed by atoms with van der Waals surface area (Å²) < 4.78 is 0. The molecule has 1 N–H and O–H groups in total. The summed E-state index contributed by atoms with van der Waals surface area (Å²) in [6, 6.07) is 15.4. The summed E-state index contributed by atoms with van der Waals surface area (Å²) in [5.74, 6) is 0. The standard InChI is InChI=1S/C20H21NS/c1-3-5-17(22)13-15-10-14(2)11-16(12-15)18-6-4-7-20-19(18)8-9-21-20/h4,6-12,21H,3,5,13H2,1-2H3. The first kappa shape index (κ1) is 15.0. The van der Waals surface area contributed by atoms with Crippen molar-refractivity contribution in [3.8, 4) is 11.1 Å². The largest absolute Gasteiger partial charge is 0.361 e. The Morgan fingerprint density at radius 2 is 2.00 bits per heavy atom. The fraction of sp³-hybridized carbons (Fsp3) is 0.250. The minimum atomic E-state index is 0.904. The van der Waals surface area contributed by atoms with Crippen LogP contribution in [0.25, 0.3) is 22.0 Å². The molecule has 1 heterocycles. The molecular formula is C20H21NS. The van der Waals surface area contributed by atoms with Crippen LogP contribution in [0.2, 0.25) is 0 Å². The highest BCUT2D eigenvalue weighted by molar-refractivity contribution is 7.80. The maximum absolute atomic E-state index is 5.50. The van der Waals surface area contributed by atoms with Gasteiger partial charge in [0.05, 0.1) is 0 Å². The van der Waals surface area contributed by atoms with Crippen molar-refractivity contribution >= 4 is 28.0 Å². The van der Waals surface area contributed by atoms with Gasteiger partial charge in [0.2, 0.25) is 0 Å². The maximum Gasteiger partial charge on any atom is 0.0460 e. The molecule has 0 spiro atoms. The zero-order valence-electron chi connectivity index (χ0n) is 13.1. The van der Waals surface area contributed by atoms with Gasteiger partial charge in [-0.15, -0.1) is 0 Å². The lowest BCUT2D eigenvalue weighted by atomic mass is 9.95. The third kappa shape index (κ3) is 3.12. The van der Waals surface area contributed by atoms with E-state index in [1.165, 1.54) is 33.2 Å². The molecule has 0 aliphatic carbocycles. The SMILES string of the molecule is CCCC(=S)Cc1cc(C)cc(-c2cccc3[nH]ccc23)c1. The third-order valence-electron chi connectivity index (χ3n) is 3.97. The fourth-order valence-corrected chi connectivity index (χ4v) is 3.42. The van der Waals surface area contributed by atoms with Crippen LogP contribution in [0.5, 0.6) is 0 Å². The number of thiocarbonyl (C=S) groups is 1. The number of aromatic amines is 1. The Balaban J connectivity index is 2.02. The Kier molecular flexibility index (Phi) is 4.39. The summed E-state index contributed by atoms with van der Waals surface area (Å²) in [6.45, 7) is 4.34. The molecule has 3 rings (SSSR count). The number of fused-ring (bicyclic) bond motifs is 1. The number of nitrogens with one attached hydrogen (secondary N) is 1. The molecule has 0 atom stereocenters. The summed E-state index contributed by atoms with van der Waals surface area (Å²) in [6.07, 6.45) is 5.06. The first-order valence-electron chi connectivity index (χ1n) is 7.86. The fourth-order valence-electron chi connectivity index (χ4n) is 3.05. The van der Waals surface area contributed by atoms with E-state index in [1.54, 1.807) is 0 Å². The molecule has 2 heteroatoms. The lowest BCUT2D eigenvalue weighted by molar-refractivity contribution is 0.989. The van der Waals surface area contributed by atoms with E-state index < -0.39 is 0 Å². The van der Waals surface area contributed by atoms with Crippen LogP contribution in [0.1, 0.15) is 30.9 Å². The van der Waals surface area contributed by atoms with Gasteiger partial charge in [0, 0.05) is 23.5 Å². The van der Waals surface area contributed by atoms with Crippen LogP contribution in [0.3, 0.4) is 0 Å². The summed E-state index contributed by atoms with van der Waals surface area (Å²) >= 11 is 5.50. The van der Waals surface area contributed by atoms with Crippen LogP contribution < -0.4 is 0 Å². The zero-order chi connectivity index (χ0) is 15.5. The van der Waals surface area contributed by atoms with Crippen molar-refractivity contribution in [2.45, 2.75) is 33.1 Å². The third-order valence-corrected chi connectivity index (χ3v) is 4.32.